The van der Waals surface area contributed by atoms with Crippen LogP contribution in [0.1, 0.15) is 25.3 Å². The van der Waals surface area contributed by atoms with Crippen molar-refractivity contribution in [2.75, 3.05) is 13.1 Å². The summed E-state index contributed by atoms with van der Waals surface area (Å²) in [6.07, 6.45) is 2.47. The van der Waals surface area contributed by atoms with E-state index in [1.165, 1.54) is 25.0 Å². The molecule has 1 nitrogen and oxygen atoms in total. The van der Waals surface area contributed by atoms with E-state index in [-0.39, 0.29) is 0 Å². The van der Waals surface area contributed by atoms with Crippen LogP contribution >= 0.6 is 0 Å². The summed E-state index contributed by atoms with van der Waals surface area (Å²) in [6.45, 7) is 5.07. The van der Waals surface area contributed by atoms with Crippen molar-refractivity contribution < 1.29 is 8.78 Å². The lowest BCUT2D eigenvalue weighted by Crippen LogP contribution is -2.33. The highest BCUT2D eigenvalue weighted by atomic mass is 19.2. The Morgan fingerprint density at radius 3 is 2.81 bits per heavy atom. The van der Waals surface area contributed by atoms with E-state index in [0.717, 1.165) is 25.2 Å². The third-order valence-electron chi connectivity index (χ3n) is 3.13. The minimum Gasteiger partial charge on any atom is -0.299 e. The van der Waals surface area contributed by atoms with E-state index in [1.807, 2.05) is 0 Å². The fourth-order valence-electron chi connectivity index (χ4n) is 2.33. The van der Waals surface area contributed by atoms with Gasteiger partial charge in [-0.25, -0.2) is 8.78 Å². The molecule has 0 radical (unpaired) electrons. The van der Waals surface area contributed by atoms with Crippen LogP contribution in [0.2, 0.25) is 0 Å². The lowest BCUT2D eigenvalue weighted by Gasteiger charge is -2.30. The Labute approximate surface area is 95.1 Å². The van der Waals surface area contributed by atoms with E-state index in [0.29, 0.717) is 5.92 Å². The van der Waals surface area contributed by atoms with E-state index >= 15 is 0 Å². The molecule has 16 heavy (non-hydrogen) atoms. The van der Waals surface area contributed by atoms with Gasteiger partial charge in [0, 0.05) is 13.1 Å². The summed E-state index contributed by atoms with van der Waals surface area (Å²) in [5, 5.41) is 0. The van der Waals surface area contributed by atoms with Crippen LogP contribution in [0.5, 0.6) is 0 Å². The van der Waals surface area contributed by atoms with Crippen LogP contribution in [-0.4, -0.2) is 18.0 Å². The molecule has 2 rings (SSSR count). The van der Waals surface area contributed by atoms with Gasteiger partial charge in [-0.1, -0.05) is 13.0 Å². The number of benzene rings is 1. The van der Waals surface area contributed by atoms with Gasteiger partial charge in [0.2, 0.25) is 0 Å². The van der Waals surface area contributed by atoms with Gasteiger partial charge in [0.15, 0.2) is 11.6 Å². The predicted octanol–water partition coefficient (Wildman–Crippen LogP) is 3.20. The maximum atomic E-state index is 13.0. The molecular weight excluding hydrogens is 208 g/mol. The Morgan fingerprint density at radius 1 is 1.31 bits per heavy atom. The second kappa shape index (κ2) is 4.91. The molecule has 0 saturated carbocycles. The smallest absolute Gasteiger partial charge is 0.159 e. The molecule has 1 aliphatic heterocycles. The van der Waals surface area contributed by atoms with Crippen molar-refractivity contribution in [2.24, 2.45) is 5.92 Å². The molecule has 3 heteroatoms. The summed E-state index contributed by atoms with van der Waals surface area (Å²) in [7, 11) is 0. The van der Waals surface area contributed by atoms with Crippen molar-refractivity contribution in [1.29, 1.82) is 0 Å². The minimum atomic E-state index is -0.768. The lowest BCUT2D eigenvalue weighted by molar-refractivity contribution is 0.176. The largest absolute Gasteiger partial charge is 0.299 e. The molecule has 0 amide bonds. The molecule has 1 aromatic rings. The van der Waals surface area contributed by atoms with Crippen LogP contribution in [0.25, 0.3) is 0 Å². The molecular formula is C13H17F2N. The van der Waals surface area contributed by atoms with Gasteiger partial charge < -0.3 is 0 Å². The number of likely N-dealkylation sites (tertiary alicyclic amines) is 1. The molecule has 0 aliphatic carbocycles. The van der Waals surface area contributed by atoms with Gasteiger partial charge in [0.1, 0.15) is 0 Å². The fraction of sp³-hybridized carbons (Fsp3) is 0.538. The maximum absolute atomic E-state index is 13.0. The van der Waals surface area contributed by atoms with Crippen molar-refractivity contribution in [2.45, 2.75) is 26.3 Å². The molecule has 1 heterocycles. The molecule has 1 saturated heterocycles. The van der Waals surface area contributed by atoms with Crippen LogP contribution < -0.4 is 0 Å². The maximum Gasteiger partial charge on any atom is 0.159 e. The van der Waals surface area contributed by atoms with Gasteiger partial charge in [-0.2, -0.15) is 0 Å². The molecule has 0 aromatic heterocycles. The monoisotopic (exact) mass is 225 g/mol. The Hall–Kier alpha value is -0.960. The summed E-state index contributed by atoms with van der Waals surface area (Å²) in [4.78, 5) is 2.31. The normalized spacial score (nSPS) is 22.3. The average Bonchev–Trinajstić information content (AvgIpc) is 2.24. The molecule has 0 bridgehead atoms. The summed E-state index contributed by atoms with van der Waals surface area (Å²) in [6, 6.07) is 4.17. The molecule has 1 fully saturated rings. The molecule has 1 aliphatic rings. The summed E-state index contributed by atoms with van der Waals surface area (Å²) in [5.41, 5.74) is 0.855. The van der Waals surface area contributed by atoms with Crippen LogP contribution in [0.15, 0.2) is 18.2 Å². The van der Waals surface area contributed by atoms with Crippen LogP contribution in [0.3, 0.4) is 0 Å². The van der Waals surface area contributed by atoms with Gasteiger partial charge in [-0.3, -0.25) is 4.90 Å². The average molecular weight is 225 g/mol. The van der Waals surface area contributed by atoms with Crippen molar-refractivity contribution in [3.63, 3.8) is 0 Å². The zero-order valence-electron chi connectivity index (χ0n) is 9.55. The molecule has 88 valence electrons. The second-order valence-corrected chi connectivity index (χ2v) is 4.73. The van der Waals surface area contributed by atoms with Gasteiger partial charge in [-0.05, 0) is 43.0 Å². The number of piperidine rings is 1. The first-order valence-electron chi connectivity index (χ1n) is 5.81. The number of hydrogen-bond acceptors (Lipinski definition) is 1. The Balaban J connectivity index is 2.00. The quantitative estimate of drug-likeness (QED) is 0.747. The second-order valence-electron chi connectivity index (χ2n) is 4.73. The first-order chi connectivity index (χ1) is 7.65. The van der Waals surface area contributed by atoms with E-state index < -0.39 is 11.6 Å². The van der Waals surface area contributed by atoms with Gasteiger partial charge in [0.25, 0.3) is 0 Å². The van der Waals surface area contributed by atoms with Crippen LogP contribution in [0.4, 0.5) is 8.78 Å². The molecule has 0 N–H and O–H groups in total. The Bertz CT molecular complexity index is 365. The minimum absolute atomic E-state index is 0.707. The topological polar surface area (TPSA) is 3.24 Å². The number of halogens is 2. The fourth-order valence-corrected chi connectivity index (χ4v) is 2.33. The Morgan fingerprint density at radius 2 is 2.12 bits per heavy atom. The molecule has 0 spiro atoms. The predicted molar refractivity (Wildman–Crippen MR) is 60.0 cm³/mol. The first kappa shape index (κ1) is 11.5. The molecule has 1 unspecified atom stereocenters. The highest BCUT2D eigenvalue weighted by molar-refractivity contribution is 5.17. The van der Waals surface area contributed by atoms with Crippen LogP contribution in [-0.2, 0) is 6.54 Å². The lowest BCUT2D eigenvalue weighted by atomic mass is 10.00. The SMILES string of the molecule is CC1CCCN(Cc2ccc(F)c(F)c2)C1. The highest BCUT2D eigenvalue weighted by Crippen LogP contribution is 2.18. The van der Waals surface area contributed by atoms with Gasteiger partial charge >= 0.3 is 0 Å². The molecule has 1 aromatic carbocycles. The highest BCUT2D eigenvalue weighted by Gasteiger charge is 2.16. The number of rotatable bonds is 2. The van der Waals surface area contributed by atoms with E-state index in [1.54, 1.807) is 6.07 Å². The van der Waals surface area contributed by atoms with Crippen LogP contribution in [0, 0.1) is 17.6 Å². The number of nitrogens with zero attached hydrogens (tertiary/aromatic N) is 1. The van der Waals surface area contributed by atoms with Crippen molar-refractivity contribution >= 4 is 0 Å². The van der Waals surface area contributed by atoms with Crippen molar-refractivity contribution in [3.8, 4) is 0 Å². The van der Waals surface area contributed by atoms with Gasteiger partial charge in [0.05, 0.1) is 0 Å². The zero-order chi connectivity index (χ0) is 11.5. The van der Waals surface area contributed by atoms with E-state index in [9.17, 15) is 8.78 Å². The zero-order valence-corrected chi connectivity index (χ0v) is 9.55. The number of hydrogen-bond donors (Lipinski definition) is 0. The summed E-state index contributed by atoms with van der Waals surface area (Å²) < 4.78 is 25.8. The van der Waals surface area contributed by atoms with Crippen molar-refractivity contribution in [3.05, 3.63) is 35.4 Å². The third-order valence-corrected chi connectivity index (χ3v) is 3.13. The summed E-state index contributed by atoms with van der Waals surface area (Å²) >= 11 is 0. The first-order valence-corrected chi connectivity index (χ1v) is 5.81. The third kappa shape index (κ3) is 2.79. The molecule has 1 atom stereocenters. The van der Waals surface area contributed by atoms with Gasteiger partial charge in [-0.15, -0.1) is 0 Å². The Kier molecular flexibility index (Phi) is 3.54. The van der Waals surface area contributed by atoms with E-state index in [4.69, 9.17) is 0 Å². The van der Waals surface area contributed by atoms with Crippen molar-refractivity contribution in [1.82, 2.24) is 4.90 Å². The standard InChI is InChI=1S/C13H17F2N/c1-10-3-2-6-16(8-10)9-11-4-5-12(14)13(15)7-11/h4-5,7,10H,2-3,6,8-9H2,1H3. The summed E-state index contributed by atoms with van der Waals surface area (Å²) in [5.74, 6) is -0.808. The van der Waals surface area contributed by atoms with E-state index in [2.05, 4.69) is 11.8 Å².